The summed E-state index contributed by atoms with van der Waals surface area (Å²) in [7, 11) is 0. The van der Waals surface area contributed by atoms with Gasteiger partial charge in [-0.1, -0.05) is 13.8 Å². The molecular weight excluding hydrogens is 158 g/mol. The normalized spacial score (nSPS) is 12.0. The highest BCUT2D eigenvalue weighted by Crippen LogP contribution is 2.24. The first kappa shape index (κ1) is 8.62. The van der Waals surface area contributed by atoms with Gasteiger partial charge in [0.25, 0.3) is 0 Å². The lowest BCUT2D eigenvalue weighted by atomic mass is 9.95. The second-order valence-corrected chi connectivity index (χ2v) is 4.40. The van der Waals surface area contributed by atoms with Crippen LogP contribution in [0.2, 0.25) is 0 Å². The fourth-order valence-corrected chi connectivity index (χ4v) is 1.46. The molecule has 0 aromatic carbocycles. The van der Waals surface area contributed by atoms with Gasteiger partial charge in [0.15, 0.2) is 0 Å². The first-order chi connectivity index (χ1) is 5.06. The van der Waals surface area contributed by atoms with E-state index in [1.54, 1.807) is 11.3 Å². The number of nitrogens with two attached hydrogens (primary N) is 1. The Morgan fingerprint density at radius 1 is 1.45 bits per heavy atom. The van der Waals surface area contributed by atoms with Crippen molar-refractivity contribution in [2.24, 2.45) is 5.73 Å². The van der Waals surface area contributed by atoms with Crippen molar-refractivity contribution in [2.45, 2.75) is 26.2 Å². The Kier molecular flexibility index (Phi) is 2.25. The summed E-state index contributed by atoms with van der Waals surface area (Å²) < 4.78 is 0. The fraction of sp³-hybridized carbons (Fsp3) is 0.714. The van der Waals surface area contributed by atoms with Crippen LogP contribution in [-0.2, 0) is 5.41 Å². The van der Waals surface area contributed by atoms with Gasteiger partial charge in [-0.05, 0) is 6.92 Å². The van der Waals surface area contributed by atoms with Gasteiger partial charge in [0.2, 0.25) is 0 Å². The fourth-order valence-electron chi connectivity index (χ4n) is 0.657. The zero-order valence-corrected chi connectivity index (χ0v) is 7.90. The topological polar surface area (TPSA) is 51.8 Å². The van der Waals surface area contributed by atoms with E-state index in [-0.39, 0.29) is 5.41 Å². The second kappa shape index (κ2) is 2.87. The average molecular weight is 171 g/mol. The summed E-state index contributed by atoms with van der Waals surface area (Å²) in [5.41, 5.74) is 5.56. The summed E-state index contributed by atoms with van der Waals surface area (Å²) in [4.78, 5) is 0. The maximum atomic E-state index is 5.59. The Balaban J connectivity index is 2.92. The molecule has 0 unspecified atom stereocenters. The van der Waals surface area contributed by atoms with Gasteiger partial charge in [-0.2, -0.15) is 0 Å². The maximum Gasteiger partial charge on any atom is 0.124 e. The van der Waals surface area contributed by atoms with E-state index in [1.165, 1.54) is 0 Å². The zero-order valence-electron chi connectivity index (χ0n) is 7.09. The van der Waals surface area contributed by atoms with Crippen molar-refractivity contribution in [1.29, 1.82) is 0 Å². The van der Waals surface area contributed by atoms with Gasteiger partial charge in [-0.15, -0.1) is 21.5 Å². The molecule has 11 heavy (non-hydrogen) atoms. The summed E-state index contributed by atoms with van der Waals surface area (Å²) in [6, 6.07) is 0. The summed E-state index contributed by atoms with van der Waals surface area (Å²) in [6.07, 6.45) is 0. The van der Waals surface area contributed by atoms with Crippen molar-refractivity contribution < 1.29 is 0 Å². The van der Waals surface area contributed by atoms with E-state index in [2.05, 4.69) is 24.0 Å². The minimum atomic E-state index is -0.0219. The molecule has 0 spiro atoms. The lowest BCUT2D eigenvalue weighted by molar-refractivity contribution is 0.530. The van der Waals surface area contributed by atoms with Crippen molar-refractivity contribution in [3.05, 3.63) is 10.0 Å². The van der Waals surface area contributed by atoms with Gasteiger partial charge in [-0.3, -0.25) is 0 Å². The molecule has 4 heteroatoms. The number of hydrogen-bond acceptors (Lipinski definition) is 4. The van der Waals surface area contributed by atoms with E-state index >= 15 is 0 Å². The highest BCUT2D eigenvalue weighted by molar-refractivity contribution is 7.11. The molecule has 1 aromatic rings. The maximum absolute atomic E-state index is 5.59. The van der Waals surface area contributed by atoms with Crippen LogP contribution in [0.3, 0.4) is 0 Å². The third-order valence-corrected chi connectivity index (χ3v) is 2.82. The van der Waals surface area contributed by atoms with Crippen molar-refractivity contribution in [2.75, 3.05) is 6.54 Å². The van der Waals surface area contributed by atoms with E-state index < -0.39 is 0 Å². The molecule has 62 valence electrons. The zero-order chi connectivity index (χ0) is 8.48. The average Bonchev–Trinajstić information content (AvgIpc) is 2.36. The van der Waals surface area contributed by atoms with Crippen LogP contribution in [0.25, 0.3) is 0 Å². The number of aryl methyl sites for hydroxylation is 1. The predicted octanol–water partition coefficient (Wildman–Crippen LogP) is 1.08. The van der Waals surface area contributed by atoms with Gasteiger partial charge in [0.1, 0.15) is 10.0 Å². The molecule has 1 heterocycles. The second-order valence-electron chi connectivity index (χ2n) is 3.21. The smallest absolute Gasteiger partial charge is 0.124 e. The lowest BCUT2D eigenvalue weighted by Crippen LogP contribution is -2.27. The first-order valence-corrected chi connectivity index (χ1v) is 4.38. The van der Waals surface area contributed by atoms with E-state index in [9.17, 15) is 0 Å². The third kappa shape index (κ3) is 1.75. The SMILES string of the molecule is Cc1nnc(C(C)(C)CN)s1. The van der Waals surface area contributed by atoms with Gasteiger partial charge in [-0.25, -0.2) is 0 Å². The Labute approximate surface area is 70.6 Å². The molecule has 1 rings (SSSR count). The largest absolute Gasteiger partial charge is 0.330 e. The molecule has 0 radical (unpaired) electrons. The van der Waals surface area contributed by atoms with Crippen molar-refractivity contribution in [3.8, 4) is 0 Å². The van der Waals surface area contributed by atoms with Crippen molar-refractivity contribution in [1.82, 2.24) is 10.2 Å². The molecule has 0 saturated heterocycles. The quantitative estimate of drug-likeness (QED) is 0.724. The predicted molar refractivity (Wildman–Crippen MR) is 46.7 cm³/mol. The van der Waals surface area contributed by atoms with Crippen LogP contribution in [0.5, 0.6) is 0 Å². The summed E-state index contributed by atoms with van der Waals surface area (Å²) in [5.74, 6) is 0. The molecule has 0 aliphatic heterocycles. The molecule has 3 nitrogen and oxygen atoms in total. The molecule has 2 N–H and O–H groups in total. The van der Waals surface area contributed by atoms with Crippen LogP contribution < -0.4 is 5.73 Å². The highest BCUT2D eigenvalue weighted by Gasteiger charge is 2.22. The van der Waals surface area contributed by atoms with Gasteiger partial charge >= 0.3 is 0 Å². The molecule has 0 bridgehead atoms. The van der Waals surface area contributed by atoms with E-state index in [0.717, 1.165) is 10.0 Å². The number of aromatic nitrogens is 2. The Morgan fingerprint density at radius 3 is 2.45 bits per heavy atom. The van der Waals surface area contributed by atoms with Crippen LogP contribution in [0, 0.1) is 6.92 Å². The third-order valence-electron chi connectivity index (χ3n) is 1.62. The van der Waals surface area contributed by atoms with Crippen LogP contribution in [-0.4, -0.2) is 16.7 Å². The minimum absolute atomic E-state index is 0.0219. The Morgan fingerprint density at radius 2 is 2.09 bits per heavy atom. The highest BCUT2D eigenvalue weighted by atomic mass is 32.1. The van der Waals surface area contributed by atoms with Gasteiger partial charge < -0.3 is 5.73 Å². The summed E-state index contributed by atoms with van der Waals surface area (Å²) in [5, 5.41) is 10.0. The molecule has 1 aromatic heterocycles. The molecule has 0 aliphatic rings. The van der Waals surface area contributed by atoms with Crippen LogP contribution in [0.1, 0.15) is 23.9 Å². The van der Waals surface area contributed by atoms with E-state index in [4.69, 9.17) is 5.73 Å². The van der Waals surface area contributed by atoms with E-state index in [1.807, 2.05) is 6.92 Å². The Bertz CT molecular complexity index is 242. The number of rotatable bonds is 2. The molecule has 0 aliphatic carbocycles. The summed E-state index contributed by atoms with van der Waals surface area (Å²) >= 11 is 1.62. The lowest BCUT2D eigenvalue weighted by Gasteiger charge is -2.17. The molecular formula is C7H13N3S. The number of nitrogens with zero attached hydrogens (tertiary/aromatic N) is 2. The van der Waals surface area contributed by atoms with Crippen LogP contribution in [0.4, 0.5) is 0 Å². The number of hydrogen-bond donors (Lipinski definition) is 1. The van der Waals surface area contributed by atoms with Crippen molar-refractivity contribution in [3.63, 3.8) is 0 Å². The standard InChI is InChI=1S/C7H13N3S/c1-5-9-10-6(11-5)7(2,3)4-8/h4,8H2,1-3H3. The van der Waals surface area contributed by atoms with Crippen LogP contribution >= 0.6 is 11.3 Å². The summed E-state index contributed by atoms with van der Waals surface area (Å²) in [6.45, 7) is 6.72. The minimum Gasteiger partial charge on any atom is -0.330 e. The monoisotopic (exact) mass is 171 g/mol. The molecule has 0 amide bonds. The molecule has 0 fully saturated rings. The van der Waals surface area contributed by atoms with Gasteiger partial charge in [0, 0.05) is 12.0 Å². The Hall–Kier alpha value is -0.480. The van der Waals surface area contributed by atoms with Crippen LogP contribution in [0.15, 0.2) is 0 Å². The first-order valence-electron chi connectivity index (χ1n) is 3.57. The van der Waals surface area contributed by atoms with E-state index in [0.29, 0.717) is 6.54 Å². The van der Waals surface area contributed by atoms with Gasteiger partial charge in [0.05, 0.1) is 0 Å². The molecule has 0 atom stereocenters. The van der Waals surface area contributed by atoms with Crippen molar-refractivity contribution >= 4 is 11.3 Å². The molecule has 0 saturated carbocycles.